The molecular weight excluding hydrogens is 244 g/mol. The zero-order valence-electron chi connectivity index (χ0n) is 10.8. The van der Waals surface area contributed by atoms with Gasteiger partial charge in [0.15, 0.2) is 0 Å². The van der Waals surface area contributed by atoms with Crippen LogP contribution in [0, 0.1) is 6.92 Å². The summed E-state index contributed by atoms with van der Waals surface area (Å²) >= 11 is 0. The van der Waals surface area contributed by atoms with Crippen molar-refractivity contribution in [2.75, 3.05) is 11.1 Å². The van der Waals surface area contributed by atoms with E-state index in [4.69, 9.17) is 15.3 Å². The number of nitrogens with one attached hydrogen (secondary N) is 1. The Kier molecular flexibility index (Phi) is 3.46. The lowest BCUT2D eigenvalue weighted by Gasteiger charge is -2.15. The quantitative estimate of drug-likeness (QED) is 0.735. The van der Waals surface area contributed by atoms with E-state index in [1.165, 1.54) is 12.1 Å². The van der Waals surface area contributed by atoms with Crippen molar-refractivity contribution in [2.24, 2.45) is 0 Å². The number of aromatic carboxylic acids is 1. The number of aryl methyl sites for hydroxylation is 1. The predicted octanol–water partition coefficient (Wildman–Crippen LogP) is 3.04. The van der Waals surface area contributed by atoms with Crippen LogP contribution in [0.1, 0.15) is 34.8 Å². The SMILES string of the molecule is Cc1ccc(C(C)Nc2ccc(C(=O)O)cc2N)o1. The molecule has 0 saturated carbocycles. The first kappa shape index (κ1) is 13.0. The summed E-state index contributed by atoms with van der Waals surface area (Å²) in [5.41, 5.74) is 7.09. The van der Waals surface area contributed by atoms with E-state index in [9.17, 15) is 4.79 Å². The van der Waals surface area contributed by atoms with Gasteiger partial charge in [0.25, 0.3) is 0 Å². The van der Waals surface area contributed by atoms with Gasteiger partial charge in [-0.25, -0.2) is 4.79 Å². The number of furan rings is 1. The van der Waals surface area contributed by atoms with Crippen LogP contribution in [-0.2, 0) is 0 Å². The molecule has 0 aliphatic rings. The van der Waals surface area contributed by atoms with Gasteiger partial charge < -0.3 is 20.6 Å². The number of hydrogen-bond acceptors (Lipinski definition) is 4. The molecule has 0 fully saturated rings. The zero-order valence-corrected chi connectivity index (χ0v) is 10.8. The Bertz CT molecular complexity index is 604. The largest absolute Gasteiger partial charge is 0.478 e. The lowest BCUT2D eigenvalue weighted by Crippen LogP contribution is -2.08. The molecule has 0 radical (unpaired) electrons. The summed E-state index contributed by atoms with van der Waals surface area (Å²) < 4.78 is 5.52. The molecule has 1 aromatic carbocycles. The molecule has 4 N–H and O–H groups in total. The number of nitrogens with two attached hydrogens (primary N) is 1. The second-order valence-corrected chi connectivity index (χ2v) is 4.42. The molecule has 1 atom stereocenters. The van der Waals surface area contributed by atoms with Crippen LogP contribution >= 0.6 is 0 Å². The first-order valence-corrected chi connectivity index (χ1v) is 5.93. The first-order valence-electron chi connectivity index (χ1n) is 5.93. The summed E-state index contributed by atoms with van der Waals surface area (Å²) in [4.78, 5) is 10.8. The van der Waals surface area contributed by atoms with Gasteiger partial charge in [-0.1, -0.05) is 0 Å². The highest BCUT2D eigenvalue weighted by molar-refractivity contribution is 5.90. The maximum atomic E-state index is 10.8. The summed E-state index contributed by atoms with van der Waals surface area (Å²) in [6, 6.07) is 8.35. The molecule has 0 saturated heterocycles. The van der Waals surface area contributed by atoms with Crippen LogP contribution in [-0.4, -0.2) is 11.1 Å². The minimum atomic E-state index is -0.993. The van der Waals surface area contributed by atoms with Crippen molar-refractivity contribution in [3.63, 3.8) is 0 Å². The van der Waals surface area contributed by atoms with Crippen molar-refractivity contribution in [2.45, 2.75) is 19.9 Å². The first-order chi connectivity index (χ1) is 8.97. The standard InChI is InChI=1S/C14H16N2O3/c1-8-3-6-13(19-8)9(2)16-12-5-4-10(14(17)18)7-11(12)15/h3-7,9,16H,15H2,1-2H3,(H,17,18). The lowest BCUT2D eigenvalue weighted by atomic mass is 10.1. The number of hydrogen-bond donors (Lipinski definition) is 3. The molecule has 1 heterocycles. The molecule has 5 heteroatoms. The minimum Gasteiger partial charge on any atom is -0.478 e. The van der Waals surface area contributed by atoms with Gasteiger partial charge in [0, 0.05) is 0 Å². The molecule has 0 aliphatic heterocycles. The highest BCUT2D eigenvalue weighted by atomic mass is 16.4. The Morgan fingerprint density at radius 1 is 1.37 bits per heavy atom. The molecule has 0 amide bonds. The Morgan fingerprint density at radius 2 is 2.11 bits per heavy atom. The van der Waals surface area contributed by atoms with E-state index >= 15 is 0 Å². The van der Waals surface area contributed by atoms with Crippen LogP contribution in [0.4, 0.5) is 11.4 Å². The maximum Gasteiger partial charge on any atom is 0.335 e. The Labute approximate surface area is 111 Å². The van der Waals surface area contributed by atoms with Crippen LogP contribution in [0.15, 0.2) is 34.7 Å². The van der Waals surface area contributed by atoms with Crippen LogP contribution < -0.4 is 11.1 Å². The molecule has 1 unspecified atom stereocenters. The van der Waals surface area contributed by atoms with E-state index in [0.29, 0.717) is 11.4 Å². The number of carbonyl (C=O) groups is 1. The van der Waals surface area contributed by atoms with Crippen LogP contribution in [0.2, 0.25) is 0 Å². The summed E-state index contributed by atoms with van der Waals surface area (Å²) in [7, 11) is 0. The second kappa shape index (κ2) is 5.06. The summed E-state index contributed by atoms with van der Waals surface area (Å²) in [6.07, 6.45) is 0. The third kappa shape index (κ3) is 2.88. The Hall–Kier alpha value is -2.43. The number of carboxylic acids is 1. The Balaban J connectivity index is 2.17. The third-order valence-corrected chi connectivity index (χ3v) is 2.86. The van der Waals surface area contributed by atoms with Gasteiger partial charge in [-0.05, 0) is 44.2 Å². The predicted molar refractivity (Wildman–Crippen MR) is 73.3 cm³/mol. The highest BCUT2D eigenvalue weighted by Crippen LogP contribution is 2.26. The average molecular weight is 260 g/mol. The molecule has 2 rings (SSSR count). The monoisotopic (exact) mass is 260 g/mol. The molecule has 0 spiro atoms. The van der Waals surface area contributed by atoms with E-state index in [1.807, 2.05) is 26.0 Å². The van der Waals surface area contributed by atoms with Crippen molar-refractivity contribution < 1.29 is 14.3 Å². The van der Waals surface area contributed by atoms with Gasteiger partial charge in [-0.3, -0.25) is 0 Å². The van der Waals surface area contributed by atoms with Gasteiger partial charge >= 0.3 is 5.97 Å². The molecule has 0 aliphatic carbocycles. The zero-order chi connectivity index (χ0) is 14.0. The number of carboxylic acid groups (broad SMARTS) is 1. The molecule has 0 bridgehead atoms. The van der Waals surface area contributed by atoms with Crippen molar-refractivity contribution >= 4 is 17.3 Å². The van der Waals surface area contributed by atoms with E-state index in [2.05, 4.69) is 5.32 Å². The summed E-state index contributed by atoms with van der Waals surface area (Å²) in [6.45, 7) is 3.83. The van der Waals surface area contributed by atoms with Crippen LogP contribution in [0.5, 0.6) is 0 Å². The van der Waals surface area contributed by atoms with Gasteiger partial charge in [0.05, 0.1) is 23.0 Å². The highest BCUT2D eigenvalue weighted by Gasteiger charge is 2.12. The fourth-order valence-corrected chi connectivity index (χ4v) is 1.82. The molecule has 1 aromatic heterocycles. The van der Waals surface area contributed by atoms with Crippen molar-refractivity contribution in [3.05, 3.63) is 47.4 Å². The van der Waals surface area contributed by atoms with Crippen molar-refractivity contribution in [1.82, 2.24) is 0 Å². The minimum absolute atomic E-state index is 0.0494. The van der Waals surface area contributed by atoms with Crippen molar-refractivity contribution in [3.8, 4) is 0 Å². The second-order valence-electron chi connectivity index (χ2n) is 4.42. The van der Waals surface area contributed by atoms with Gasteiger partial charge in [-0.15, -0.1) is 0 Å². The molecule has 100 valence electrons. The molecule has 2 aromatic rings. The van der Waals surface area contributed by atoms with Gasteiger partial charge in [0.2, 0.25) is 0 Å². The number of anilines is 2. The summed E-state index contributed by atoms with van der Waals surface area (Å²) in [5.74, 6) is 0.657. The van der Waals surface area contributed by atoms with Gasteiger partial charge in [0.1, 0.15) is 11.5 Å². The summed E-state index contributed by atoms with van der Waals surface area (Å²) in [5, 5.41) is 12.1. The fourth-order valence-electron chi connectivity index (χ4n) is 1.82. The number of benzene rings is 1. The number of nitrogen functional groups attached to an aromatic ring is 1. The lowest BCUT2D eigenvalue weighted by molar-refractivity contribution is 0.0697. The van der Waals surface area contributed by atoms with E-state index in [0.717, 1.165) is 11.5 Å². The van der Waals surface area contributed by atoms with E-state index in [-0.39, 0.29) is 11.6 Å². The van der Waals surface area contributed by atoms with E-state index < -0.39 is 5.97 Å². The van der Waals surface area contributed by atoms with Gasteiger partial charge in [-0.2, -0.15) is 0 Å². The van der Waals surface area contributed by atoms with Crippen LogP contribution in [0.25, 0.3) is 0 Å². The van der Waals surface area contributed by atoms with Crippen molar-refractivity contribution in [1.29, 1.82) is 0 Å². The molecule has 5 nitrogen and oxygen atoms in total. The number of rotatable bonds is 4. The topological polar surface area (TPSA) is 88.5 Å². The maximum absolute atomic E-state index is 10.8. The fraction of sp³-hybridized carbons (Fsp3) is 0.214. The normalized spacial score (nSPS) is 12.1. The van der Waals surface area contributed by atoms with E-state index in [1.54, 1.807) is 6.07 Å². The molecular formula is C14H16N2O3. The molecule has 19 heavy (non-hydrogen) atoms. The Morgan fingerprint density at radius 3 is 2.63 bits per heavy atom. The average Bonchev–Trinajstić information content (AvgIpc) is 2.78. The smallest absolute Gasteiger partial charge is 0.335 e. The third-order valence-electron chi connectivity index (χ3n) is 2.86. The van der Waals surface area contributed by atoms with Crippen LogP contribution in [0.3, 0.4) is 0 Å².